The highest BCUT2D eigenvalue weighted by molar-refractivity contribution is 6.10. The van der Waals surface area contributed by atoms with E-state index in [2.05, 4.69) is 21.4 Å². The van der Waals surface area contributed by atoms with E-state index in [9.17, 15) is 4.79 Å². The van der Waals surface area contributed by atoms with Gasteiger partial charge in [0.15, 0.2) is 0 Å². The molecule has 0 aliphatic carbocycles. The predicted molar refractivity (Wildman–Crippen MR) is 97.5 cm³/mol. The van der Waals surface area contributed by atoms with E-state index in [1.54, 1.807) is 0 Å². The quantitative estimate of drug-likeness (QED) is 0.568. The molecule has 0 spiro atoms. The van der Waals surface area contributed by atoms with Gasteiger partial charge in [0.2, 0.25) is 0 Å². The van der Waals surface area contributed by atoms with Crippen LogP contribution < -0.4 is 5.32 Å². The van der Waals surface area contributed by atoms with Gasteiger partial charge in [-0.2, -0.15) is 0 Å². The van der Waals surface area contributed by atoms with Gasteiger partial charge < -0.3 is 10.3 Å². The molecule has 0 fully saturated rings. The summed E-state index contributed by atoms with van der Waals surface area (Å²) in [6.07, 6.45) is 0. The van der Waals surface area contributed by atoms with Crippen molar-refractivity contribution in [3.63, 3.8) is 0 Å². The van der Waals surface area contributed by atoms with Crippen LogP contribution in [0.1, 0.15) is 21.7 Å². The molecule has 0 saturated heterocycles. The van der Waals surface area contributed by atoms with Crippen LogP contribution in [0.3, 0.4) is 0 Å². The topological polar surface area (TPSA) is 57.8 Å². The lowest BCUT2D eigenvalue weighted by Crippen LogP contribution is -2.12. The van der Waals surface area contributed by atoms with Crippen LogP contribution in [0.15, 0.2) is 54.6 Å². The Balaban J connectivity index is 1.75. The number of carbonyl (C=O) groups excluding carboxylic acids is 1. The number of amides is 1. The molecule has 0 unspecified atom stereocenters. The number of rotatable bonds is 2. The van der Waals surface area contributed by atoms with Gasteiger partial charge >= 0.3 is 0 Å². The first kappa shape index (κ1) is 14.5. The molecule has 0 saturated carbocycles. The number of aryl methyl sites for hydroxylation is 2. The van der Waals surface area contributed by atoms with Gasteiger partial charge in [0.05, 0.1) is 11.0 Å². The minimum Gasteiger partial charge on any atom is -0.357 e. The molecule has 4 rings (SSSR count). The molecule has 2 aromatic heterocycles. The Hall–Kier alpha value is -3.14. The first-order chi connectivity index (χ1) is 11.6. The van der Waals surface area contributed by atoms with Gasteiger partial charge in [-0.3, -0.25) is 4.79 Å². The van der Waals surface area contributed by atoms with Crippen molar-refractivity contribution in [3.05, 3.63) is 71.5 Å². The highest BCUT2D eigenvalue weighted by Gasteiger charge is 2.13. The summed E-state index contributed by atoms with van der Waals surface area (Å²) in [7, 11) is 0. The predicted octanol–water partition coefficient (Wildman–Crippen LogP) is 4.59. The second-order valence-corrected chi connectivity index (χ2v) is 6.07. The third-order valence-corrected chi connectivity index (χ3v) is 4.11. The van der Waals surface area contributed by atoms with Crippen LogP contribution in [0, 0.1) is 13.8 Å². The Kier molecular flexibility index (Phi) is 3.31. The molecule has 0 aliphatic rings. The maximum Gasteiger partial charge on any atom is 0.274 e. The summed E-state index contributed by atoms with van der Waals surface area (Å²) in [6, 6.07) is 17.7. The first-order valence-corrected chi connectivity index (χ1v) is 7.87. The van der Waals surface area contributed by atoms with Crippen LogP contribution in [-0.2, 0) is 0 Å². The van der Waals surface area contributed by atoms with Gasteiger partial charge in [0.1, 0.15) is 5.69 Å². The second-order valence-electron chi connectivity index (χ2n) is 6.07. The van der Waals surface area contributed by atoms with Crippen molar-refractivity contribution in [2.24, 2.45) is 0 Å². The van der Waals surface area contributed by atoms with Crippen molar-refractivity contribution in [1.82, 2.24) is 9.97 Å². The van der Waals surface area contributed by atoms with Crippen LogP contribution in [0.25, 0.3) is 21.8 Å². The van der Waals surface area contributed by atoms with E-state index in [0.717, 1.165) is 38.8 Å². The largest absolute Gasteiger partial charge is 0.357 e. The number of aromatic amines is 1. The minimum absolute atomic E-state index is 0.197. The summed E-state index contributed by atoms with van der Waals surface area (Å²) < 4.78 is 0. The number of carbonyl (C=O) groups is 1. The summed E-state index contributed by atoms with van der Waals surface area (Å²) >= 11 is 0. The third kappa shape index (κ3) is 2.52. The molecule has 0 bridgehead atoms. The summed E-state index contributed by atoms with van der Waals surface area (Å²) in [4.78, 5) is 20.4. The molecule has 0 atom stereocenters. The van der Waals surface area contributed by atoms with E-state index < -0.39 is 0 Å². The van der Waals surface area contributed by atoms with Gasteiger partial charge in [-0.1, -0.05) is 30.3 Å². The summed E-state index contributed by atoms with van der Waals surface area (Å²) in [5, 5.41) is 4.95. The highest BCUT2D eigenvalue weighted by Crippen LogP contribution is 2.25. The Morgan fingerprint density at radius 3 is 2.62 bits per heavy atom. The molecule has 4 aromatic rings. The number of hydrogen-bond acceptors (Lipinski definition) is 2. The van der Waals surface area contributed by atoms with E-state index in [0.29, 0.717) is 5.69 Å². The van der Waals surface area contributed by atoms with Crippen molar-refractivity contribution < 1.29 is 4.79 Å². The number of nitrogens with zero attached hydrogens (tertiary/aromatic N) is 1. The molecule has 118 valence electrons. The van der Waals surface area contributed by atoms with E-state index in [4.69, 9.17) is 0 Å². The van der Waals surface area contributed by atoms with Crippen LogP contribution in [0.5, 0.6) is 0 Å². The zero-order valence-electron chi connectivity index (χ0n) is 13.6. The lowest BCUT2D eigenvalue weighted by atomic mass is 10.1. The van der Waals surface area contributed by atoms with Crippen molar-refractivity contribution >= 4 is 33.4 Å². The number of H-pyrrole nitrogens is 1. The number of fused-ring (bicyclic) bond motifs is 3. The average Bonchev–Trinajstić information content (AvgIpc) is 2.99. The fourth-order valence-corrected chi connectivity index (χ4v) is 2.92. The average molecular weight is 315 g/mol. The summed E-state index contributed by atoms with van der Waals surface area (Å²) in [6.45, 7) is 4.00. The molecule has 24 heavy (non-hydrogen) atoms. The van der Waals surface area contributed by atoms with Gasteiger partial charge in [-0.15, -0.1) is 0 Å². The number of nitrogens with one attached hydrogen (secondary N) is 2. The van der Waals surface area contributed by atoms with Crippen molar-refractivity contribution in [3.8, 4) is 0 Å². The fraction of sp³-hybridized carbons (Fsp3) is 0.100. The van der Waals surface area contributed by atoms with Gasteiger partial charge in [0, 0.05) is 22.2 Å². The second kappa shape index (κ2) is 5.49. The Bertz CT molecular complexity index is 1080. The standard InChI is InChI=1S/C20H17N3O/c1-12-4-3-5-16(10-12)22-20(24)17-11-15-9-8-14-7-6-13(2)21-18(14)19(15)23-17/h3-11,21H,1-2H3,(H,22,24). The molecule has 2 N–H and O–H groups in total. The Morgan fingerprint density at radius 1 is 1.00 bits per heavy atom. The molecule has 2 heterocycles. The number of hydrogen-bond donors (Lipinski definition) is 2. The third-order valence-electron chi connectivity index (χ3n) is 4.11. The maximum atomic E-state index is 12.5. The molecule has 0 radical (unpaired) electrons. The van der Waals surface area contributed by atoms with E-state index >= 15 is 0 Å². The zero-order valence-corrected chi connectivity index (χ0v) is 13.6. The lowest BCUT2D eigenvalue weighted by Gasteiger charge is -2.03. The number of benzene rings is 2. The SMILES string of the molecule is Cc1cccc(NC(=O)c2cc3ccc4ccc(C)[nH]c4c3n2)c1. The smallest absolute Gasteiger partial charge is 0.274 e. The molecule has 0 aliphatic heterocycles. The van der Waals surface area contributed by atoms with Crippen molar-refractivity contribution in [2.45, 2.75) is 13.8 Å². The van der Waals surface area contributed by atoms with Gasteiger partial charge in [0.25, 0.3) is 5.91 Å². The Morgan fingerprint density at radius 2 is 1.79 bits per heavy atom. The molecule has 4 heteroatoms. The number of anilines is 1. The normalized spacial score (nSPS) is 11.1. The molecule has 2 aromatic carbocycles. The van der Waals surface area contributed by atoms with Crippen LogP contribution >= 0.6 is 0 Å². The first-order valence-electron chi connectivity index (χ1n) is 7.87. The maximum absolute atomic E-state index is 12.5. The number of pyridine rings is 1. The molecule has 4 nitrogen and oxygen atoms in total. The van der Waals surface area contributed by atoms with E-state index in [1.807, 2.05) is 62.4 Å². The van der Waals surface area contributed by atoms with Gasteiger partial charge in [-0.25, -0.2) is 4.98 Å². The van der Waals surface area contributed by atoms with Crippen LogP contribution in [-0.4, -0.2) is 15.9 Å². The highest BCUT2D eigenvalue weighted by atomic mass is 16.1. The Labute approximate surface area is 139 Å². The monoisotopic (exact) mass is 315 g/mol. The fourth-order valence-electron chi connectivity index (χ4n) is 2.92. The zero-order chi connectivity index (χ0) is 16.7. The number of aromatic nitrogens is 2. The summed E-state index contributed by atoms with van der Waals surface area (Å²) in [5.41, 5.74) is 5.15. The van der Waals surface area contributed by atoms with Crippen LogP contribution in [0.4, 0.5) is 5.69 Å². The van der Waals surface area contributed by atoms with Crippen molar-refractivity contribution in [1.29, 1.82) is 0 Å². The minimum atomic E-state index is -0.197. The molecule has 1 amide bonds. The summed E-state index contributed by atoms with van der Waals surface area (Å²) in [5.74, 6) is -0.197. The lowest BCUT2D eigenvalue weighted by molar-refractivity contribution is 0.102. The molecular weight excluding hydrogens is 298 g/mol. The van der Waals surface area contributed by atoms with E-state index in [1.165, 1.54) is 0 Å². The van der Waals surface area contributed by atoms with Crippen molar-refractivity contribution in [2.75, 3.05) is 5.32 Å². The van der Waals surface area contributed by atoms with Gasteiger partial charge in [-0.05, 0) is 43.7 Å². The van der Waals surface area contributed by atoms with Crippen LogP contribution in [0.2, 0.25) is 0 Å². The van der Waals surface area contributed by atoms with E-state index in [-0.39, 0.29) is 5.91 Å². The molecular formula is C20H17N3O.